The summed E-state index contributed by atoms with van der Waals surface area (Å²) in [6.07, 6.45) is 3.51. The number of anilines is 1. The van der Waals surface area contributed by atoms with E-state index in [1.54, 1.807) is 12.4 Å². The topological polar surface area (TPSA) is 53.9 Å². The minimum Gasteiger partial charge on any atom is -0.357 e. The molecule has 18 heavy (non-hydrogen) atoms. The van der Waals surface area contributed by atoms with Gasteiger partial charge in [0.2, 0.25) is 0 Å². The third-order valence-corrected chi connectivity index (χ3v) is 2.71. The van der Waals surface area contributed by atoms with Crippen molar-refractivity contribution in [1.29, 1.82) is 0 Å². The first-order valence-electron chi connectivity index (χ1n) is 5.91. The Morgan fingerprint density at radius 2 is 1.89 bits per heavy atom. The zero-order valence-electron chi connectivity index (χ0n) is 10.7. The van der Waals surface area contributed by atoms with E-state index >= 15 is 0 Å². The maximum Gasteiger partial charge on any atom is 0.151 e. The van der Waals surface area contributed by atoms with E-state index in [1.165, 1.54) is 0 Å². The van der Waals surface area contributed by atoms with Crippen LogP contribution in [0.5, 0.6) is 0 Å². The van der Waals surface area contributed by atoms with E-state index < -0.39 is 0 Å². The molecule has 1 N–H and O–H groups in total. The lowest BCUT2D eigenvalue weighted by atomic mass is 10.2. The Morgan fingerprint density at radius 1 is 1.11 bits per heavy atom. The molecule has 5 heteroatoms. The van der Waals surface area contributed by atoms with Crippen molar-refractivity contribution in [2.45, 2.75) is 0 Å². The molecule has 0 spiro atoms. The Morgan fingerprint density at radius 3 is 2.50 bits per heavy atom. The lowest BCUT2D eigenvalue weighted by Gasteiger charge is -2.17. The van der Waals surface area contributed by atoms with E-state index in [-0.39, 0.29) is 0 Å². The van der Waals surface area contributed by atoms with Crippen LogP contribution in [0.2, 0.25) is 0 Å². The van der Waals surface area contributed by atoms with Gasteiger partial charge in [-0.15, -0.1) is 10.2 Å². The average Bonchev–Trinajstić information content (AvgIpc) is 2.46. The van der Waals surface area contributed by atoms with Crippen LogP contribution in [0.25, 0.3) is 11.3 Å². The van der Waals surface area contributed by atoms with Gasteiger partial charge in [0.25, 0.3) is 0 Å². The molecule has 0 saturated carbocycles. The van der Waals surface area contributed by atoms with Gasteiger partial charge in [-0.1, -0.05) is 0 Å². The quantitative estimate of drug-likeness (QED) is 0.855. The summed E-state index contributed by atoms with van der Waals surface area (Å²) in [6.45, 7) is 1.82. The average molecular weight is 243 g/mol. The van der Waals surface area contributed by atoms with E-state index in [0.717, 1.165) is 30.2 Å². The highest BCUT2D eigenvalue weighted by atomic mass is 15.2. The summed E-state index contributed by atoms with van der Waals surface area (Å²) in [5, 5.41) is 11.6. The summed E-state index contributed by atoms with van der Waals surface area (Å²) in [4.78, 5) is 6.06. The van der Waals surface area contributed by atoms with Crippen LogP contribution in [-0.2, 0) is 0 Å². The Hall–Kier alpha value is -2.01. The first-order chi connectivity index (χ1) is 8.81. The summed E-state index contributed by atoms with van der Waals surface area (Å²) in [5.41, 5.74) is 1.89. The van der Waals surface area contributed by atoms with E-state index in [9.17, 15) is 0 Å². The van der Waals surface area contributed by atoms with Crippen LogP contribution in [-0.4, -0.2) is 42.4 Å². The number of aromatic nitrogens is 3. The highest BCUT2D eigenvalue weighted by Crippen LogP contribution is 2.16. The van der Waals surface area contributed by atoms with Crippen LogP contribution in [0, 0.1) is 0 Å². The number of hydrogen-bond acceptors (Lipinski definition) is 5. The van der Waals surface area contributed by atoms with Gasteiger partial charge in [0.1, 0.15) is 0 Å². The first-order valence-corrected chi connectivity index (χ1v) is 5.91. The first kappa shape index (κ1) is 12.4. The van der Waals surface area contributed by atoms with Gasteiger partial charge in [0.15, 0.2) is 5.82 Å². The van der Waals surface area contributed by atoms with Crippen LogP contribution >= 0.6 is 0 Å². The third-order valence-electron chi connectivity index (χ3n) is 2.71. The van der Waals surface area contributed by atoms with Crippen LogP contribution in [0.15, 0.2) is 36.7 Å². The molecule has 0 amide bonds. The molecule has 2 aromatic heterocycles. The van der Waals surface area contributed by atoms with Gasteiger partial charge in [0, 0.05) is 38.1 Å². The number of nitrogens with one attached hydrogen (secondary N) is 1. The lowest BCUT2D eigenvalue weighted by Crippen LogP contribution is -2.27. The summed E-state index contributed by atoms with van der Waals surface area (Å²) < 4.78 is 0. The molecule has 2 aromatic rings. The molecule has 0 bridgehead atoms. The summed E-state index contributed by atoms with van der Waals surface area (Å²) in [5.74, 6) is 0.878. The minimum atomic E-state index is 0.864. The Bertz CT molecular complexity index is 469. The third kappa shape index (κ3) is 3.01. The molecule has 0 aromatic carbocycles. The van der Waals surface area contributed by atoms with Crippen LogP contribution in [0.1, 0.15) is 0 Å². The lowest BCUT2D eigenvalue weighted by molar-refractivity contribution is 0.756. The van der Waals surface area contributed by atoms with Gasteiger partial charge in [-0.05, 0) is 31.3 Å². The highest BCUT2D eigenvalue weighted by molar-refractivity contribution is 5.58. The molecule has 94 valence electrons. The molecule has 0 saturated heterocycles. The number of hydrogen-bond donors (Lipinski definition) is 1. The molecule has 0 unspecified atom stereocenters. The number of pyridine rings is 1. The van der Waals surface area contributed by atoms with Crippen molar-refractivity contribution >= 4 is 5.82 Å². The molecule has 0 aliphatic heterocycles. The van der Waals surface area contributed by atoms with E-state index in [2.05, 4.69) is 25.4 Å². The smallest absolute Gasteiger partial charge is 0.151 e. The monoisotopic (exact) mass is 243 g/mol. The fourth-order valence-corrected chi connectivity index (χ4v) is 1.60. The molecule has 2 rings (SSSR count). The zero-order valence-corrected chi connectivity index (χ0v) is 10.7. The maximum atomic E-state index is 4.24. The van der Waals surface area contributed by atoms with Crippen LogP contribution in [0.3, 0.4) is 0 Å². The molecule has 2 heterocycles. The van der Waals surface area contributed by atoms with Gasteiger partial charge < -0.3 is 10.2 Å². The van der Waals surface area contributed by atoms with Crippen LogP contribution < -0.4 is 10.2 Å². The molecule has 5 nitrogen and oxygen atoms in total. The number of likely N-dealkylation sites (N-methyl/N-ethyl adjacent to an activating group) is 2. The molecule has 0 atom stereocenters. The van der Waals surface area contributed by atoms with Gasteiger partial charge in [-0.2, -0.15) is 0 Å². The summed E-state index contributed by atoms with van der Waals surface area (Å²) in [6, 6.07) is 7.81. The van der Waals surface area contributed by atoms with Crippen LogP contribution in [0.4, 0.5) is 5.82 Å². The largest absolute Gasteiger partial charge is 0.357 e. The molecular weight excluding hydrogens is 226 g/mol. The normalized spacial score (nSPS) is 10.3. The Labute approximate surface area is 107 Å². The number of nitrogens with zero attached hydrogens (tertiary/aromatic N) is 4. The van der Waals surface area contributed by atoms with Gasteiger partial charge in [-0.25, -0.2) is 0 Å². The standard InChI is InChI=1S/C13H17N5/c1-14-9-10-18(2)13-4-3-12(16-17-13)11-5-7-15-8-6-11/h3-8,14H,9-10H2,1-2H3. The Balaban J connectivity index is 2.10. The molecule has 0 fully saturated rings. The van der Waals surface area contributed by atoms with Gasteiger partial charge in [-0.3, -0.25) is 4.98 Å². The van der Waals surface area contributed by atoms with Crippen molar-refractivity contribution in [2.75, 3.05) is 32.1 Å². The van der Waals surface area contributed by atoms with Crippen molar-refractivity contribution in [3.8, 4) is 11.3 Å². The van der Waals surface area contributed by atoms with Gasteiger partial charge in [0.05, 0.1) is 5.69 Å². The van der Waals surface area contributed by atoms with Crippen molar-refractivity contribution in [3.05, 3.63) is 36.7 Å². The SMILES string of the molecule is CNCCN(C)c1ccc(-c2ccncc2)nn1. The second-order valence-corrected chi connectivity index (χ2v) is 4.04. The second-order valence-electron chi connectivity index (χ2n) is 4.04. The maximum absolute atomic E-state index is 4.24. The molecule has 0 radical (unpaired) electrons. The van der Waals surface area contributed by atoms with E-state index in [0.29, 0.717) is 0 Å². The predicted octanol–water partition coefficient (Wildman–Crippen LogP) is 1.19. The fraction of sp³-hybridized carbons (Fsp3) is 0.308. The van der Waals surface area contributed by atoms with E-state index in [4.69, 9.17) is 0 Å². The molecule has 0 aliphatic carbocycles. The zero-order chi connectivity index (χ0) is 12.8. The van der Waals surface area contributed by atoms with Crippen molar-refractivity contribution in [1.82, 2.24) is 20.5 Å². The highest BCUT2D eigenvalue weighted by Gasteiger charge is 2.04. The van der Waals surface area contributed by atoms with Gasteiger partial charge >= 0.3 is 0 Å². The minimum absolute atomic E-state index is 0.864. The fourth-order valence-electron chi connectivity index (χ4n) is 1.60. The number of rotatable bonds is 5. The van der Waals surface area contributed by atoms with Crippen molar-refractivity contribution in [3.63, 3.8) is 0 Å². The van der Waals surface area contributed by atoms with Crippen molar-refractivity contribution in [2.24, 2.45) is 0 Å². The Kier molecular flexibility index (Phi) is 4.20. The van der Waals surface area contributed by atoms with E-state index in [1.807, 2.05) is 38.4 Å². The summed E-state index contributed by atoms with van der Waals surface area (Å²) >= 11 is 0. The van der Waals surface area contributed by atoms with Crippen molar-refractivity contribution < 1.29 is 0 Å². The molecular formula is C13H17N5. The second kappa shape index (κ2) is 6.07. The molecule has 0 aliphatic rings. The summed E-state index contributed by atoms with van der Waals surface area (Å²) in [7, 11) is 3.94. The predicted molar refractivity (Wildman–Crippen MR) is 72.5 cm³/mol.